The average molecular weight is 368 g/mol. The Morgan fingerprint density at radius 1 is 1.23 bits per heavy atom. The molecule has 3 aromatic rings. The van der Waals surface area contributed by atoms with Gasteiger partial charge in [-0.1, -0.05) is 41.9 Å². The Hall–Kier alpha value is -2.66. The van der Waals surface area contributed by atoms with Gasteiger partial charge in [0.15, 0.2) is 5.82 Å². The molecule has 1 amide bonds. The number of anilines is 1. The zero-order valence-electron chi connectivity index (χ0n) is 14.4. The summed E-state index contributed by atoms with van der Waals surface area (Å²) in [4.78, 5) is 18.7. The van der Waals surface area contributed by atoms with Gasteiger partial charge in [-0.25, -0.2) is 0 Å². The quantitative estimate of drug-likeness (QED) is 0.682. The third kappa shape index (κ3) is 3.22. The van der Waals surface area contributed by atoms with E-state index in [9.17, 15) is 4.79 Å². The van der Waals surface area contributed by atoms with E-state index < -0.39 is 0 Å². The summed E-state index contributed by atoms with van der Waals surface area (Å²) >= 11 is 6.02. The molecule has 0 spiro atoms. The molecule has 1 atom stereocenters. The summed E-state index contributed by atoms with van der Waals surface area (Å²) in [6, 6.07) is 15.4. The standard InChI is InChI=1S/C20H18ClN3O2/c1-2-13-6-8-17(9-7-13)24-12-15(11-18(24)25)19-22-20(26-23-19)14-4-3-5-16(21)10-14/h3-10,15H,2,11-12H2,1H3. The first-order valence-electron chi connectivity index (χ1n) is 8.63. The van der Waals surface area contributed by atoms with Crippen molar-refractivity contribution >= 4 is 23.2 Å². The first kappa shape index (κ1) is 16.8. The third-order valence-electron chi connectivity index (χ3n) is 4.66. The summed E-state index contributed by atoms with van der Waals surface area (Å²) in [5, 5.41) is 4.70. The molecule has 1 aliphatic heterocycles. The minimum atomic E-state index is -0.0787. The van der Waals surface area contributed by atoms with Crippen LogP contribution in [-0.4, -0.2) is 22.6 Å². The molecule has 4 rings (SSSR count). The summed E-state index contributed by atoms with van der Waals surface area (Å²) in [5.74, 6) is 0.972. The Morgan fingerprint density at radius 3 is 2.77 bits per heavy atom. The van der Waals surface area contributed by atoms with E-state index in [0.29, 0.717) is 29.7 Å². The number of aryl methyl sites for hydroxylation is 1. The lowest BCUT2D eigenvalue weighted by Gasteiger charge is -2.16. The van der Waals surface area contributed by atoms with Crippen LogP contribution in [0, 0.1) is 0 Å². The van der Waals surface area contributed by atoms with Gasteiger partial charge in [-0.15, -0.1) is 0 Å². The summed E-state index contributed by atoms with van der Waals surface area (Å²) in [7, 11) is 0. The highest BCUT2D eigenvalue weighted by Gasteiger charge is 2.34. The summed E-state index contributed by atoms with van der Waals surface area (Å²) in [6.07, 6.45) is 1.36. The van der Waals surface area contributed by atoms with Gasteiger partial charge in [0.05, 0.1) is 0 Å². The van der Waals surface area contributed by atoms with Crippen LogP contribution in [0.4, 0.5) is 5.69 Å². The smallest absolute Gasteiger partial charge is 0.257 e. The fourth-order valence-electron chi connectivity index (χ4n) is 3.18. The summed E-state index contributed by atoms with van der Waals surface area (Å²) in [6.45, 7) is 2.67. The number of benzene rings is 2. The number of hydrogen-bond donors (Lipinski definition) is 0. The van der Waals surface area contributed by atoms with Gasteiger partial charge in [-0.05, 0) is 42.3 Å². The lowest BCUT2D eigenvalue weighted by Crippen LogP contribution is -2.24. The highest BCUT2D eigenvalue weighted by molar-refractivity contribution is 6.30. The van der Waals surface area contributed by atoms with Crippen molar-refractivity contribution in [2.75, 3.05) is 11.4 Å². The van der Waals surface area contributed by atoms with Gasteiger partial charge in [-0.3, -0.25) is 4.79 Å². The minimum Gasteiger partial charge on any atom is -0.334 e. The van der Waals surface area contributed by atoms with Crippen molar-refractivity contribution < 1.29 is 9.32 Å². The highest BCUT2D eigenvalue weighted by Crippen LogP contribution is 2.32. The SMILES string of the molecule is CCc1ccc(N2CC(c3noc(-c4cccc(Cl)c4)n3)CC2=O)cc1. The molecule has 1 aromatic heterocycles. The lowest BCUT2D eigenvalue weighted by molar-refractivity contribution is -0.117. The molecule has 0 N–H and O–H groups in total. The molecular weight excluding hydrogens is 350 g/mol. The minimum absolute atomic E-state index is 0.0772. The van der Waals surface area contributed by atoms with Gasteiger partial charge in [0.1, 0.15) is 0 Å². The fourth-order valence-corrected chi connectivity index (χ4v) is 3.37. The molecule has 2 heterocycles. The van der Waals surface area contributed by atoms with Crippen LogP contribution < -0.4 is 4.90 Å². The van der Waals surface area contributed by atoms with E-state index in [1.54, 1.807) is 17.0 Å². The molecule has 2 aromatic carbocycles. The van der Waals surface area contributed by atoms with E-state index in [2.05, 4.69) is 29.2 Å². The Bertz CT molecular complexity index is 936. The maximum Gasteiger partial charge on any atom is 0.257 e. The van der Waals surface area contributed by atoms with Crippen LogP contribution in [0.25, 0.3) is 11.5 Å². The van der Waals surface area contributed by atoms with Crippen molar-refractivity contribution in [3.05, 3.63) is 64.9 Å². The zero-order chi connectivity index (χ0) is 18.1. The number of aromatic nitrogens is 2. The molecule has 1 fully saturated rings. The first-order chi connectivity index (χ1) is 12.6. The lowest BCUT2D eigenvalue weighted by atomic mass is 10.1. The Kier molecular flexibility index (Phi) is 4.47. The zero-order valence-corrected chi connectivity index (χ0v) is 15.1. The number of rotatable bonds is 4. The van der Waals surface area contributed by atoms with Crippen LogP contribution in [0.3, 0.4) is 0 Å². The second-order valence-corrected chi connectivity index (χ2v) is 6.83. The van der Waals surface area contributed by atoms with Crippen molar-refractivity contribution in [3.63, 3.8) is 0 Å². The van der Waals surface area contributed by atoms with Gasteiger partial charge in [0.2, 0.25) is 5.91 Å². The largest absolute Gasteiger partial charge is 0.334 e. The van der Waals surface area contributed by atoms with Crippen LogP contribution >= 0.6 is 11.6 Å². The van der Waals surface area contributed by atoms with Crippen LogP contribution in [0.15, 0.2) is 53.1 Å². The van der Waals surface area contributed by atoms with Crippen molar-refractivity contribution in [3.8, 4) is 11.5 Å². The molecule has 0 radical (unpaired) electrons. The van der Waals surface area contributed by atoms with Gasteiger partial charge >= 0.3 is 0 Å². The first-order valence-corrected chi connectivity index (χ1v) is 9.00. The van der Waals surface area contributed by atoms with Gasteiger partial charge in [0.25, 0.3) is 5.89 Å². The summed E-state index contributed by atoms with van der Waals surface area (Å²) < 4.78 is 5.38. The maximum absolute atomic E-state index is 12.5. The number of carbonyl (C=O) groups is 1. The predicted molar refractivity (Wildman–Crippen MR) is 100 cm³/mol. The monoisotopic (exact) mass is 367 g/mol. The van der Waals surface area contributed by atoms with E-state index in [4.69, 9.17) is 16.1 Å². The molecule has 1 unspecified atom stereocenters. The number of halogens is 1. The molecule has 26 heavy (non-hydrogen) atoms. The topological polar surface area (TPSA) is 59.2 Å². The van der Waals surface area contributed by atoms with Crippen LogP contribution in [-0.2, 0) is 11.2 Å². The van der Waals surface area contributed by atoms with Crippen LogP contribution in [0.1, 0.15) is 30.7 Å². The second-order valence-electron chi connectivity index (χ2n) is 6.39. The van der Waals surface area contributed by atoms with E-state index in [1.165, 1.54) is 5.56 Å². The van der Waals surface area contributed by atoms with Crippen molar-refractivity contribution in [1.82, 2.24) is 10.1 Å². The van der Waals surface area contributed by atoms with Crippen molar-refractivity contribution in [2.45, 2.75) is 25.7 Å². The van der Waals surface area contributed by atoms with Crippen LogP contribution in [0.2, 0.25) is 5.02 Å². The molecule has 1 aliphatic rings. The molecule has 6 heteroatoms. The van der Waals surface area contributed by atoms with E-state index >= 15 is 0 Å². The number of amides is 1. The summed E-state index contributed by atoms with van der Waals surface area (Å²) in [5.41, 5.74) is 2.93. The molecule has 0 aliphatic carbocycles. The average Bonchev–Trinajstić information content (AvgIpc) is 3.29. The van der Waals surface area contributed by atoms with E-state index in [1.807, 2.05) is 24.3 Å². The molecule has 1 saturated heterocycles. The maximum atomic E-state index is 12.5. The van der Waals surface area contributed by atoms with Crippen LogP contribution in [0.5, 0.6) is 0 Å². The van der Waals surface area contributed by atoms with E-state index in [0.717, 1.165) is 17.7 Å². The van der Waals surface area contributed by atoms with E-state index in [-0.39, 0.29) is 11.8 Å². The fraction of sp³-hybridized carbons (Fsp3) is 0.250. The number of carbonyl (C=O) groups excluding carboxylic acids is 1. The number of hydrogen-bond acceptors (Lipinski definition) is 4. The normalized spacial score (nSPS) is 17.1. The Morgan fingerprint density at radius 2 is 2.04 bits per heavy atom. The Labute approximate surface area is 156 Å². The predicted octanol–water partition coefficient (Wildman–Crippen LogP) is 4.47. The number of nitrogens with zero attached hydrogens (tertiary/aromatic N) is 3. The Balaban J connectivity index is 1.53. The highest BCUT2D eigenvalue weighted by atomic mass is 35.5. The molecule has 0 saturated carbocycles. The molecule has 0 bridgehead atoms. The van der Waals surface area contributed by atoms with Gasteiger partial charge < -0.3 is 9.42 Å². The molecular formula is C20H18ClN3O2. The van der Waals surface area contributed by atoms with Crippen molar-refractivity contribution in [1.29, 1.82) is 0 Å². The third-order valence-corrected chi connectivity index (χ3v) is 4.89. The van der Waals surface area contributed by atoms with Gasteiger partial charge in [-0.2, -0.15) is 4.98 Å². The molecule has 132 valence electrons. The second kappa shape index (κ2) is 6.92. The van der Waals surface area contributed by atoms with Gasteiger partial charge in [0, 0.05) is 35.2 Å². The molecule has 5 nitrogen and oxygen atoms in total. The van der Waals surface area contributed by atoms with Crippen molar-refractivity contribution in [2.24, 2.45) is 0 Å².